The molecule has 7 heteroatoms. The molecular formula is C15H21N3O4. The Kier molecular flexibility index (Phi) is 5.71. The van der Waals surface area contributed by atoms with Crippen molar-refractivity contribution in [2.75, 3.05) is 6.54 Å². The molecule has 3 N–H and O–H groups in total. The van der Waals surface area contributed by atoms with Gasteiger partial charge in [-0.2, -0.15) is 0 Å². The first-order valence-electron chi connectivity index (χ1n) is 7.47. The van der Waals surface area contributed by atoms with Crippen molar-refractivity contribution in [3.63, 3.8) is 0 Å². The Morgan fingerprint density at radius 1 is 1.27 bits per heavy atom. The summed E-state index contributed by atoms with van der Waals surface area (Å²) in [5.41, 5.74) is 0.831. The van der Waals surface area contributed by atoms with Crippen LogP contribution < -0.4 is 10.6 Å². The van der Waals surface area contributed by atoms with Crippen LogP contribution >= 0.6 is 0 Å². The minimum atomic E-state index is -0.456. The van der Waals surface area contributed by atoms with Crippen molar-refractivity contribution in [2.45, 2.75) is 38.3 Å². The molecule has 1 aliphatic rings. The normalized spacial score (nSPS) is 21.1. The fourth-order valence-electron chi connectivity index (χ4n) is 2.67. The molecule has 0 spiro atoms. The number of aliphatic hydroxyl groups is 1. The molecule has 1 aliphatic carbocycles. The molecule has 0 aromatic heterocycles. The van der Waals surface area contributed by atoms with E-state index in [1.165, 1.54) is 12.1 Å². The summed E-state index contributed by atoms with van der Waals surface area (Å²) < 4.78 is 0. The van der Waals surface area contributed by atoms with Crippen LogP contribution in [0.5, 0.6) is 0 Å². The van der Waals surface area contributed by atoms with Gasteiger partial charge in [-0.15, -0.1) is 0 Å². The monoisotopic (exact) mass is 307 g/mol. The third kappa shape index (κ3) is 5.00. The molecule has 2 amide bonds. The van der Waals surface area contributed by atoms with Crippen molar-refractivity contribution >= 4 is 11.7 Å². The number of hydrogen-bond donors (Lipinski definition) is 3. The van der Waals surface area contributed by atoms with Crippen molar-refractivity contribution in [2.24, 2.45) is 5.92 Å². The zero-order valence-electron chi connectivity index (χ0n) is 12.3. The van der Waals surface area contributed by atoms with E-state index in [1.54, 1.807) is 12.1 Å². The summed E-state index contributed by atoms with van der Waals surface area (Å²) in [5.74, 6) is 0.328. The second kappa shape index (κ2) is 7.74. The zero-order chi connectivity index (χ0) is 15.9. The predicted octanol–water partition coefficient (Wildman–Crippen LogP) is 1.95. The smallest absolute Gasteiger partial charge is 0.315 e. The highest BCUT2D eigenvalue weighted by Crippen LogP contribution is 2.23. The first kappa shape index (κ1) is 16.2. The van der Waals surface area contributed by atoms with Gasteiger partial charge in [-0.1, -0.05) is 18.6 Å². The largest absolute Gasteiger partial charge is 0.393 e. The Labute approximate surface area is 128 Å². The van der Waals surface area contributed by atoms with Gasteiger partial charge in [0.1, 0.15) is 0 Å². The number of urea groups is 1. The Morgan fingerprint density at radius 3 is 2.64 bits per heavy atom. The van der Waals surface area contributed by atoms with E-state index in [-0.39, 0.29) is 17.8 Å². The summed E-state index contributed by atoms with van der Waals surface area (Å²) >= 11 is 0. The number of amides is 2. The quantitative estimate of drug-likeness (QED) is 0.571. The van der Waals surface area contributed by atoms with Crippen molar-refractivity contribution in [1.82, 2.24) is 10.6 Å². The third-order valence-corrected chi connectivity index (χ3v) is 3.91. The van der Waals surface area contributed by atoms with Gasteiger partial charge in [0.25, 0.3) is 5.69 Å². The fraction of sp³-hybridized carbons (Fsp3) is 0.533. The third-order valence-electron chi connectivity index (χ3n) is 3.91. The molecule has 0 saturated heterocycles. The molecule has 1 fully saturated rings. The molecule has 7 nitrogen and oxygen atoms in total. The van der Waals surface area contributed by atoms with E-state index in [1.807, 2.05) is 0 Å². The van der Waals surface area contributed by atoms with E-state index in [9.17, 15) is 20.0 Å². The van der Waals surface area contributed by atoms with Crippen LogP contribution in [0.25, 0.3) is 0 Å². The molecule has 2 rings (SSSR count). The molecule has 1 aromatic rings. The van der Waals surface area contributed by atoms with Gasteiger partial charge >= 0.3 is 6.03 Å². The average molecular weight is 307 g/mol. The highest BCUT2D eigenvalue weighted by Gasteiger charge is 2.20. The summed E-state index contributed by atoms with van der Waals surface area (Å²) in [6, 6.07) is 5.81. The minimum absolute atomic E-state index is 0.0315. The molecule has 0 aliphatic heterocycles. The molecule has 0 heterocycles. The standard InChI is InChI=1S/C15H21N3O4/c19-14-3-1-2-12(8-14)10-17-15(20)16-9-11-4-6-13(7-5-11)18(21)22/h4-7,12,14,19H,1-3,8-10H2,(H2,16,17,20). The van der Waals surface area contributed by atoms with Gasteiger partial charge in [0.05, 0.1) is 11.0 Å². The van der Waals surface area contributed by atoms with Crippen molar-refractivity contribution in [3.05, 3.63) is 39.9 Å². The molecule has 0 bridgehead atoms. The zero-order valence-corrected chi connectivity index (χ0v) is 12.3. The predicted molar refractivity (Wildman–Crippen MR) is 81.3 cm³/mol. The van der Waals surface area contributed by atoms with Crippen LogP contribution in [0, 0.1) is 16.0 Å². The number of non-ortho nitro benzene ring substituents is 1. The number of carbonyl (C=O) groups is 1. The van der Waals surface area contributed by atoms with Gasteiger partial charge in [-0.25, -0.2) is 4.79 Å². The molecule has 1 saturated carbocycles. The molecule has 2 atom stereocenters. The molecule has 1 aromatic carbocycles. The van der Waals surface area contributed by atoms with Gasteiger partial charge in [-0.05, 0) is 30.7 Å². The number of nitro benzene ring substituents is 1. The number of hydrogen-bond acceptors (Lipinski definition) is 4. The summed E-state index contributed by atoms with van der Waals surface area (Å²) in [7, 11) is 0. The van der Waals surface area contributed by atoms with Crippen LogP contribution in [0.4, 0.5) is 10.5 Å². The molecule has 2 unspecified atom stereocenters. The maximum Gasteiger partial charge on any atom is 0.315 e. The lowest BCUT2D eigenvalue weighted by atomic mass is 9.87. The van der Waals surface area contributed by atoms with Gasteiger partial charge in [0, 0.05) is 25.2 Å². The maximum atomic E-state index is 11.7. The Bertz CT molecular complexity index is 518. The van der Waals surface area contributed by atoms with Crippen LogP contribution in [0.1, 0.15) is 31.2 Å². The number of nitrogens with zero attached hydrogens (tertiary/aromatic N) is 1. The van der Waals surface area contributed by atoms with Crippen LogP contribution in [-0.4, -0.2) is 28.7 Å². The van der Waals surface area contributed by atoms with Gasteiger partial charge in [0.2, 0.25) is 0 Å². The van der Waals surface area contributed by atoms with Crippen molar-refractivity contribution in [3.8, 4) is 0 Å². The summed E-state index contributed by atoms with van der Waals surface area (Å²) in [5, 5.41) is 25.6. The van der Waals surface area contributed by atoms with E-state index in [2.05, 4.69) is 10.6 Å². The SMILES string of the molecule is O=C(NCc1ccc([N+](=O)[O-])cc1)NCC1CCCC(O)C1. The van der Waals surface area contributed by atoms with Gasteiger partial charge in [-0.3, -0.25) is 10.1 Å². The first-order chi connectivity index (χ1) is 10.5. The number of aliphatic hydroxyl groups excluding tert-OH is 1. The number of nitro groups is 1. The van der Waals surface area contributed by atoms with Crippen LogP contribution in [0.3, 0.4) is 0 Å². The Balaban J connectivity index is 1.70. The van der Waals surface area contributed by atoms with E-state index in [0.717, 1.165) is 31.2 Å². The molecule has 120 valence electrons. The lowest BCUT2D eigenvalue weighted by Crippen LogP contribution is -2.39. The maximum absolute atomic E-state index is 11.7. The van der Waals surface area contributed by atoms with E-state index < -0.39 is 4.92 Å². The molecule has 22 heavy (non-hydrogen) atoms. The Hall–Kier alpha value is -2.15. The average Bonchev–Trinajstić information content (AvgIpc) is 2.51. The van der Waals surface area contributed by atoms with Crippen molar-refractivity contribution < 1.29 is 14.8 Å². The number of nitrogens with one attached hydrogen (secondary N) is 2. The Morgan fingerprint density at radius 2 is 2.00 bits per heavy atom. The van der Waals surface area contributed by atoms with Crippen molar-refractivity contribution in [1.29, 1.82) is 0 Å². The number of carbonyl (C=O) groups excluding carboxylic acids is 1. The highest BCUT2D eigenvalue weighted by molar-refractivity contribution is 5.73. The van der Waals surface area contributed by atoms with Crippen LogP contribution in [0.15, 0.2) is 24.3 Å². The second-order valence-electron chi connectivity index (χ2n) is 5.67. The fourth-order valence-corrected chi connectivity index (χ4v) is 2.67. The lowest BCUT2D eigenvalue weighted by molar-refractivity contribution is -0.384. The molecular weight excluding hydrogens is 286 g/mol. The minimum Gasteiger partial charge on any atom is -0.393 e. The van der Waals surface area contributed by atoms with Crippen LogP contribution in [0.2, 0.25) is 0 Å². The topological polar surface area (TPSA) is 104 Å². The molecule has 0 radical (unpaired) electrons. The van der Waals surface area contributed by atoms with E-state index >= 15 is 0 Å². The van der Waals surface area contributed by atoms with E-state index in [0.29, 0.717) is 19.0 Å². The lowest BCUT2D eigenvalue weighted by Gasteiger charge is -2.25. The summed E-state index contributed by atoms with van der Waals surface area (Å²) in [4.78, 5) is 21.8. The highest BCUT2D eigenvalue weighted by atomic mass is 16.6. The van der Waals surface area contributed by atoms with E-state index in [4.69, 9.17) is 0 Å². The summed E-state index contributed by atoms with van der Waals surface area (Å²) in [6.07, 6.45) is 3.37. The van der Waals surface area contributed by atoms with Crippen LogP contribution in [-0.2, 0) is 6.54 Å². The number of rotatable bonds is 5. The number of benzene rings is 1. The second-order valence-corrected chi connectivity index (χ2v) is 5.67. The first-order valence-corrected chi connectivity index (χ1v) is 7.47. The van der Waals surface area contributed by atoms with Gasteiger partial charge in [0.15, 0.2) is 0 Å². The summed E-state index contributed by atoms with van der Waals surface area (Å²) in [6.45, 7) is 0.875. The van der Waals surface area contributed by atoms with Gasteiger partial charge < -0.3 is 15.7 Å².